The van der Waals surface area contributed by atoms with Crippen LogP contribution in [-0.4, -0.2) is 9.91 Å². The van der Waals surface area contributed by atoms with E-state index in [2.05, 4.69) is 10.3 Å². The summed E-state index contributed by atoms with van der Waals surface area (Å²) >= 11 is 0. The van der Waals surface area contributed by atoms with Gasteiger partial charge in [0.2, 0.25) is 5.82 Å². The minimum atomic E-state index is -0.600. The Bertz CT molecular complexity index is 982. The van der Waals surface area contributed by atoms with Crippen molar-refractivity contribution in [1.82, 2.24) is 4.98 Å². The van der Waals surface area contributed by atoms with Crippen LogP contribution in [0.3, 0.4) is 0 Å². The summed E-state index contributed by atoms with van der Waals surface area (Å²) in [7, 11) is 0. The van der Waals surface area contributed by atoms with Gasteiger partial charge in [-0.1, -0.05) is 30.3 Å². The molecule has 3 aromatic rings. The topological polar surface area (TPSA) is 103 Å². The molecule has 0 spiro atoms. The smallest absolute Gasteiger partial charge is 0.311 e. The van der Waals surface area contributed by atoms with Gasteiger partial charge < -0.3 is 15.8 Å². The number of anilines is 2. The molecule has 1 heterocycles. The highest BCUT2D eigenvalue weighted by Gasteiger charge is 2.17. The third-order valence-electron chi connectivity index (χ3n) is 4.14. The Labute approximate surface area is 161 Å². The molecule has 1 aromatic heterocycles. The zero-order valence-corrected chi connectivity index (χ0v) is 15.1. The van der Waals surface area contributed by atoms with Crippen LogP contribution in [0.2, 0.25) is 0 Å². The number of nitrogen functional groups attached to an aromatic ring is 1. The number of nitrogens with two attached hydrogens (primary N) is 1. The van der Waals surface area contributed by atoms with Crippen LogP contribution in [0.4, 0.5) is 21.7 Å². The fourth-order valence-electron chi connectivity index (χ4n) is 2.73. The third kappa shape index (κ3) is 4.53. The summed E-state index contributed by atoms with van der Waals surface area (Å²) in [5, 5.41) is 13.9. The van der Waals surface area contributed by atoms with Crippen molar-refractivity contribution >= 4 is 17.3 Å². The fraction of sp³-hybridized carbons (Fsp3) is 0.150. The molecule has 8 heteroatoms. The molecule has 0 saturated carbocycles. The van der Waals surface area contributed by atoms with E-state index in [9.17, 15) is 14.5 Å². The van der Waals surface area contributed by atoms with Crippen molar-refractivity contribution in [2.75, 3.05) is 11.1 Å². The molecule has 7 nitrogen and oxygen atoms in total. The molecule has 0 amide bonds. The summed E-state index contributed by atoms with van der Waals surface area (Å²) in [5.74, 6) is 0.280. The maximum atomic E-state index is 13.8. The van der Waals surface area contributed by atoms with Crippen LogP contribution in [0.25, 0.3) is 0 Å². The highest BCUT2D eigenvalue weighted by Crippen LogP contribution is 2.30. The molecular weight excluding hydrogens is 363 g/mol. The number of nitrogens with one attached hydrogen (secondary N) is 1. The molecule has 0 radical (unpaired) electrons. The largest absolute Gasteiger partial charge is 0.489 e. The van der Waals surface area contributed by atoms with Gasteiger partial charge in [-0.05, 0) is 36.8 Å². The van der Waals surface area contributed by atoms with Gasteiger partial charge in [0.05, 0.1) is 11.0 Å². The average Bonchev–Trinajstić information content (AvgIpc) is 2.67. The van der Waals surface area contributed by atoms with Crippen LogP contribution in [0.5, 0.6) is 5.75 Å². The molecule has 0 bridgehead atoms. The molecule has 2 aromatic carbocycles. The van der Waals surface area contributed by atoms with Crippen molar-refractivity contribution in [2.45, 2.75) is 19.6 Å². The second kappa shape index (κ2) is 8.34. The van der Waals surface area contributed by atoms with Gasteiger partial charge in [-0.3, -0.25) is 10.1 Å². The molecule has 0 aliphatic carbocycles. The average molecular weight is 382 g/mol. The summed E-state index contributed by atoms with van der Waals surface area (Å²) in [5.41, 5.74) is 6.94. The molecule has 3 rings (SSSR count). The van der Waals surface area contributed by atoms with E-state index in [4.69, 9.17) is 10.5 Å². The van der Waals surface area contributed by atoms with Crippen molar-refractivity contribution in [3.63, 3.8) is 0 Å². The van der Waals surface area contributed by atoms with Crippen molar-refractivity contribution in [3.8, 4) is 5.75 Å². The molecule has 0 saturated heterocycles. The summed E-state index contributed by atoms with van der Waals surface area (Å²) in [4.78, 5) is 14.3. The first kappa shape index (κ1) is 19.1. The van der Waals surface area contributed by atoms with Crippen LogP contribution >= 0.6 is 0 Å². The molecular formula is C20H19FN4O3. The van der Waals surface area contributed by atoms with E-state index in [0.29, 0.717) is 23.7 Å². The zero-order chi connectivity index (χ0) is 20.1. The van der Waals surface area contributed by atoms with E-state index in [1.165, 1.54) is 24.3 Å². The van der Waals surface area contributed by atoms with Crippen molar-refractivity contribution in [2.24, 2.45) is 0 Å². The number of nitrogens with zero attached hydrogens (tertiary/aromatic N) is 2. The normalized spacial score (nSPS) is 11.6. The number of ether oxygens (including phenoxy) is 1. The van der Waals surface area contributed by atoms with Gasteiger partial charge in [-0.2, -0.15) is 0 Å². The predicted molar refractivity (Wildman–Crippen MR) is 105 cm³/mol. The molecule has 144 valence electrons. The molecule has 0 fully saturated rings. The molecule has 3 N–H and O–H groups in total. The number of rotatable bonds is 7. The lowest BCUT2D eigenvalue weighted by Gasteiger charge is -2.19. The Morgan fingerprint density at radius 1 is 1.21 bits per heavy atom. The quantitative estimate of drug-likeness (QED) is 0.462. The second-order valence-corrected chi connectivity index (χ2v) is 6.18. The number of halogens is 1. The van der Waals surface area contributed by atoms with Gasteiger partial charge in [0.25, 0.3) is 0 Å². The Kier molecular flexibility index (Phi) is 5.69. The number of hydrogen-bond acceptors (Lipinski definition) is 6. The lowest BCUT2D eigenvalue weighted by molar-refractivity contribution is -0.384. The number of aromatic nitrogens is 1. The first-order valence-electron chi connectivity index (χ1n) is 8.57. The maximum Gasteiger partial charge on any atom is 0.311 e. The van der Waals surface area contributed by atoms with Crippen LogP contribution in [-0.2, 0) is 6.61 Å². The minimum absolute atomic E-state index is 0.193. The van der Waals surface area contributed by atoms with Crippen LogP contribution in [0, 0.1) is 15.9 Å². The second-order valence-electron chi connectivity index (χ2n) is 6.18. The predicted octanol–water partition coefficient (Wildman–Crippen LogP) is 4.46. The van der Waals surface area contributed by atoms with Crippen LogP contribution in [0.1, 0.15) is 24.1 Å². The van der Waals surface area contributed by atoms with Crippen molar-refractivity contribution in [3.05, 3.63) is 87.7 Å². The van der Waals surface area contributed by atoms with Crippen molar-refractivity contribution in [1.29, 1.82) is 0 Å². The number of benzene rings is 2. The summed E-state index contributed by atoms with van der Waals surface area (Å²) in [6.45, 7) is 2.15. The van der Waals surface area contributed by atoms with E-state index in [0.717, 1.165) is 5.56 Å². The van der Waals surface area contributed by atoms with E-state index in [1.807, 2.05) is 37.3 Å². The maximum absolute atomic E-state index is 13.8. The number of nitro groups is 1. The summed E-state index contributed by atoms with van der Waals surface area (Å²) < 4.78 is 19.7. The molecule has 1 atom stereocenters. The number of pyridine rings is 1. The Balaban J connectivity index is 1.79. The molecule has 0 aliphatic rings. The van der Waals surface area contributed by atoms with Crippen molar-refractivity contribution < 1.29 is 14.1 Å². The lowest BCUT2D eigenvalue weighted by atomic mass is 10.1. The lowest BCUT2D eigenvalue weighted by Crippen LogP contribution is -2.11. The summed E-state index contributed by atoms with van der Waals surface area (Å²) in [6.07, 6.45) is 0. The van der Waals surface area contributed by atoms with E-state index in [-0.39, 0.29) is 17.5 Å². The highest BCUT2D eigenvalue weighted by molar-refractivity contribution is 5.57. The molecule has 0 aliphatic heterocycles. The van der Waals surface area contributed by atoms with E-state index < -0.39 is 10.7 Å². The zero-order valence-electron chi connectivity index (χ0n) is 15.1. The fourth-order valence-corrected chi connectivity index (χ4v) is 2.73. The standard InChI is InChI=1S/C20H19FN4O3/c1-13(23-19-10-8-17(25(26)27)20(22)24-19)16-11-15(21)7-9-18(16)28-12-14-5-3-2-4-6-14/h2-11,13H,12H2,1H3,(H3,22,23,24)/t13-/m1/s1. The monoisotopic (exact) mass is 382 g/mol. The van der Waals surface area contributed by atoms with Gasteiger partial charge in [0, 0.05) is 11.6 Å². The SMILES string of the molecule is C[C@@H](Nc1ccc([N+](=O)[O-])c(N)n1)c1cc(F)ccc1OCc1ccccc1. The van der Waals surface area contributed by atoms with E-state index in [1.54, 1.807) is 6.07 Å². The first-order valence-corrected chi connectivity index (χ1v) is 8.57. The minimum Gasteiger partial charge on any atom is -0.489 e. The Hall–Kier alpha value is -3.68. The molecule has 28 heavy (non-hydrogen) atoms. The molecule has 0 unspecified atom stereocenters. The van der Waals surface area contributed by atoms with Gasteiger partial charge in [0.1, 0.15) is 24.0 Å². The summed E-state index contributed by atoms with van der Waals surface area (Å²) in [6, 6.07) is 16.3. The van der Waals surface area contributed by atoms with Crippen LogP contribution < -0.4 is 15.8 Å². The van der Waals surface area contributed by atoms with Gasteiger partial charge in [0.15, 0.2) is 0 Å². The van der Waals surface area contributed by atoms with Crippen LogP contribution in [0.15, 0.2) is 60.7 Å². The number of hydrogen-bond donors (Lipinski definition) is 2. The van der Waals surface area contributed by atoms with Gasteiger partial charge >= 0.3 is 5.69 Å². The first-order chi connectivity index (χ1) is 13.4. The Morgan fingerprint density at radius 2 is 1.96 bits per heavy atom. The van der Waals surface area contributed by atoms with Gasteiger partial charge in [-0.15, -0.1) is 0 Å². The third-order valence-corrected chi connectivity index (χ3v) is 4.14. The van der Waals surface area contributed by atoms with E-state index >= 15 is 0 Å². The Morgan fingerprint density at radius 3 is 2.64 bits per heavy atom. The highest BCUT2D eigenvalue weighted by atomic mass is 19.1. The van der Waals surface area contributed by atoms with Gasteiger partial charge in [-0.25, -0.2) is 9.37 Å².